The first-order chi connectivity index (χ1) is 3.29. The van der Waals surface area contributed by atoms with Gasteiger partial charge in [-0.2, -0.15) is 12.6 Å². The molecular formula is C3H6N2OS. The van der Waals surface area contributed by atoms with Gasteiger partial charge in [-0.15, -0.1) is 0 Å². The maximum atomic E-state index is 10.2. The van der Waals surface area contributed by atoms with Crippen LogP contribution in [0.5, 0.6) is 0 Å². The van der Waals surface area contributed by atoms with Gasteiger partial charge in [0.25, 0.3) is 0 Å². The van der Waals surface area contributed by atoms with E-state index >= 15 is 0 Å². The minimum atomic E-state index is -0.125. The van der Waals surface area contributed by atoms with Crippen molar-refractivity contribution >= 4 is 18.7 Å². The molecule has 0 aliphatic carbocycles. The Hall–Kier alpha value is -0.380. The summed E-state index contributed by atoms with van der Waals surface area (Å²) in [6, 6.07) is -0.125. The Kier molecular flexibility index (Phi) is 1.10. The molecule has 1 heterocycles. The molecule has 4 heteroatoms. The summed E-state index contributed by atoms with van der Waals surface area (Å²) < 4.78 is 0. The largest absolute Gasteiger partial charge is 0.335 e. The number of carbonyl (C=O) groups is 1. The Morgan fingerprint density at radius 2 is 2.57 bits per heavy atom. The van der Waals surface area contributed by atoms with Crippen LogP contribution in [0.1, 0.15) is 0 Å². The van der Waals surface area contributed by atoms with Gasteiger partial charge in [0, 0.05) is 6.54 Å². The number of hydrogen-bond donors (Lipinski definition) is 3. The zero-order valence-electron chi connectivity index (χ0n) is 3.64. The molecular weight excluding hydrogens is 112 g/mol. The average Bonchev–Trinajstić information content (AvgIpc) is 1.87. The first-order valence-electron chi connectivity index (χ1n) is 2.01. The molecule has 1 aliphatic rings. The van der Waals surface area contributed by atoms with Crippen LogP contribution in [-0.2, 0) is 0 Å². The highest BCUT2D eigenvalue weighted by molar-refractivity contribution is 7.81. The molecule has 2 N–H and O–H groups in total. The lowest BCUT2D eigenvalue weighted by atomic mass is 10.7. The first-order valence-corrected chi connectivity index (χ1v) is 2.53. The van der Waals surface area contributed by atoms with E-state index in [1.54, 1.807) is 0 Å². The molecule has 1 aliphatic heterocycles. The van der Waals surface area contributed by atoms with Crippen LogP contribution in [0.25, 0.3) is 0 Å². The second-order valence-corrected chi connectivity index (χ2v) is 1.99. The van der Waals surface area contributed by atoms with Gasteiger partial charge in [0.2, 0.25) is 0 Å². The number of amides is 2. The number of carbonyl (C=O) groups excluding carboxylic acids is 1. The van der Waals surface area contributed by atoms with Crippen molar-refractivity contribution < 1.29 is 4.79 Å². The summed E-state index contributed by atoms with van der Waals surface area (Å²) in [7, 11) is 0. The van der Waals surface area contributed by atoms with E-state index in [0.29, 0.717) is 6.54 Å². The molecule has 40 valence electrons. The second kappa shape index (κ2) is 1.61. The van der Waals surface area contributed by atoms with Crippen molar-refractivity contribution in [2.75, 3.05) is 6.54 Å². The monoisotopic (exact) mass is 118 g/mol. The van der Waals surface area contributed by atoms with Gasteiger partial charge in [-0.3, -0.25) is 0 Å². The summed E-state index contributed by atoms with van der Waals surface area (Å²) in [4.78, 5) is 10.2. The van der Waals surface area contributed by atoms with Crippen molar-refractivity contribution in [2.24, 2.45) is 0 Å². The van der Waals surface area contributed by atoms with Crippen molar-refractivity contribution in [1.82, 2.24) is 10.6 Å². The zero-order chi connectivity index (χ0) is 5.28. The molecule has 1 saturated heterocycles. The zero-order valence-corrected chi connectivity index (χ0v) is 4.53. The molecule has 0 spiro atoms. The lowest BCUT2D eigenvalue weighted by molar-refractivity contribution is 0.248. The van der Waals surface area contributed by atoms with E-state index < -0.39 is 0 Å². The van der Waals surface area contributed by atoms with E-state index in [1.165, 1.54) is 0 Å². The van der Waals surface area contributed by atoms with Crippen LogP contribution in [0.2, 0.25) is 0 Å². The quantitative estimate of drug-likeness (QED) is 0.371. The second-order valence-electron chi connectivity index (χ2n) is 1.37. The molecule has 0 bridgehead atoms. The fourth-order valence-electron chi connectivity index (χ4n) is 0.443. The fourth-order valence-corrected chi connectivity index (χ4v) is 0.651. The number of urea groups is 1. The van der Waals surface area contributed by atoms with Gasteiger partial charge in [-0.05, 0) is 0 Å². The number of nitrogens with one attached hydrogen (secondary N) is 2. The Bertz CT molecular complexity index is 94.9. The van der Waals surface area contributed by atoms with Crippen LogP contribution < -0.4 is 10.6 Å². The molecule has 0 aromatic heterocycles. The highest BCUT2D eigenvalue weighted by Gasteiger charge is 2.14. The molecule has 0 aromatic rings. The lowest BCUT2D eigenvalue weighted by Crippen LogP contribution is -2.22. The van der Waals surface area contributed by atoms with Gasteiger partial charge in [0.15, 0.2) is 0 Å². The summed E-state index contributed by atoms with van der Waals surface area (Å²) in [5.74, 6) is 0. The van der Waals surface area contributed by atoms with E-state index in [-0.39, 0.29) is 11.4 Å². The molecule has 1 atom stereocenters. The maximum absolute atomic E-state index is 10.2. The van der Waals surface area contributed by atoms with Crippen LogP contribution in [0.3, 0.4) is 0 Å². The summed E-state index contributed by atoms with van der Waals surface area (Å²) in [5, 5.41) is 5.08. The van der Waals surface area contributed by atoms with Gasteiger partial charge in [-0.1, -0.05) is 0 Å². The van der Waals surface area contributed by atoms with E-state index in [0.717, 1.165) is 0 Å². The molecule has 1 rings (SSSR count). The first kappa shape index (κ1) is 4.77. The van der Waals surface area contributed by atoms with Gasteiger partial charge in [-0.25, -0.2) is 4.79 Å². The van der Waals surface area contributed by atoms with Crippen molar-refractivity contribution in [2.45, 2.75) is 5.37 Å². The normalized spacial score (nSPS) is 29.3. The minimum absolute atomic E-state index is 0.00694. The van der Waals surface area contributed by atoms with E-state index in [2.05, 4.69) is 23.3 Å². The average molecular weight is 118 g/mol. The summed E-state index contributed by atoms with van der Waals surface area (Å²) >= 11 is 3.96. The van der Waals surface area contributed by atoms with Crippen LogP contribution in [-0.4, -0.2) is 17.9 Å². The molecule has 3 nitrogen and oxygen atoms in total. The minimum Gasteiger partial charge on any atom is -0.335 e. The van der Waals surface area contributed by atoms with Crippen LogP contribution in [0.4, 0.5) is 4.79 Å². The topological polar surface area (TPSA) is 41.1 Å². The third kappa shape index (κ3) is 0.991. The van der Waals surface area contributed by atoms with Crippen LogP contribution in [0.15, 0.2) is 0 Å². The van der Waals surface area contributed by atoms with E-state index in [1.807, 2.05) is 0 Å². The molecule has 0 radical (unpaired) electrons. The van der Waals surface area contributed by atoms with E-state index in [4.69, 9.17) is 0 Å². The van der Waals surface area contributed by atoms with Crippen molar-refractivity contribution in [3.8, 4) is 0 Å². The van der Waals surface area contributed by atoms with Gasteiger partial charge in [0.05, 0.1) is 5.37 Å². The van der Waals surface area contributed by atoms with Crippen molar-refractivity contribution in [3.63, 3.8) is 0 Å². The molecule has 0 aromatic carbocycles. The number of rotatable bonds is 0. The summed E-state index contributed by atoms with van der Waals surface area (Å²) in [6.45, 7) is 0.627. The maximum Gasteiger partial charge on any atom is 0.315 e. The van der Waals surface area contributed by atoms with Crippen LogP contribution >= 0.6 is 12.6 Å². The molecule has 0 saturated carbocycles. The highest BCUT2D eigenvalue weighted by Crippen LogP contribution is 1.91. The highest BCUT2D eigenvalue weighted by atomic mass is 32.1. The molecule has 1 unspecified atom stereocenters. The van der Waals surface area contributed by atoms with Crippen LogP contribution in [0, 0.1) is 0 Å². The third-order valence-electron chi connectivity index (χ3n) is 0.754. The molecule has 1 fully saturated rings. The Labute approximate surface area is 46.9 Å². The molecule has 2 amide bonds. The van der Waals surface area contributed by atoms with Crippen molar-refractivity contribution in [1.29, 1.82) is 0 Å². The Morgan fingerprint density at radius 3 is 2.71 bits per heavy atom. The lowest BCUT2D eigenvalue weighted by Gasteiger charge is -1.92. The molecule has 7 heavy (non-hydrogen) atoms. The predicted molar refractivity (Wildman–Crippen MR) is 29.3 cm³/mol. The smallest absolute Gasteiger partial charge is 0.315 e. The standard InChI is InChI=1S/C3H6N2OS/c6-3-4-1-2(7)5-3/h2,7H,1H2,(H2,4,5,6). The van der Waals surface area contributed by atoms with Gasteiger partial charge < -0.3 is 10.6 Å². The van der Waals surface area contributed by atoms with Gasteiger partial charge in [0.1, 0.15) is 0 Å². The Morgan fingerprint density at radius 1 is 1.86 bits per heavy atom. The number of thiol groups is 1. The SMILES string of the molecule is O=C1NCC(S)N1. The summed E-state index contributed by atoms with van der Waals surface area (Å²) in [6.07, 6.45) is 0. The van der Waals surface area contributed by atoms with E-state index in [9.17, 15) is 4.79 Å². The summed E-state index contributed by atoms with van der Waals surface area (Å²) in [5.41, 5.74) is 0. The predicted octanol–water partition coefficient (Wildman–Crippen LogP) is -0.445. The Balaban J connectivity index is 2.40. The van der Waals surface area contributed by atoms with Crippen molar-refractivity contribution in [3.05, 3.63) is 0 Å². The number of hydrogen-bond acceptors (Lipinski definition) is 2. The van der Waals surface area contributed by atoms with Gasteiger partial charge >= 0.3 is 6.03 Å². The third-order valence-corrected chi connectivity index (χ3v) is 1.07. The fraction of sp³-hybridized carbons (Fsp3) is 0.667.